The highest BCUT2D eigenvalue weighted by molar-refractivity contribution is 6.29. The Balaban J connectivity index is 0.000000157. The van der Waals surface area contributed by atoms with Gasteiger partial charge in [0, 0.05) is 11.8 Å². The highest BCUT2D eigenvalue weighted by atomic mass is 35.5. The van der Waals surface area contributed by atoms with Crippen LogP contribution in [0.2, 0.25) is 5.15 Å². The van der Waals surface area contributed by atoms with Crippen LogP contribution in [0.4, 0.5) is 17.6 Å². The minimum absolute atomic E-state index is 0.0988. The highest BCUT2D eigenvalue weighted by Crippen LogP contribution is 2.42. The molecule has 186 valence electrons. The number of nitrogens with one attached hydrogen (secondary N) is 2. The summed E-state index contributed by atoms with van der Waals surface area (Å²) in [6.07, 6.45) is 0.672. The zero-order chi connectivity index (χ0) is 25.6. The number of imidazole rings is 1. The first-order valence-electron chi connectivity index (χ1n) is 10.6. The van der Waals surface area contributed by atoms with Crippen molar-refractivity contribution >= 4 is 28.2 Å². The molecule has 0 bridgehead atoms. The molecule has 9 nitrogen and oxygen atoms in total. The van der Waals surface area contributed by atoms with Crippen molar-refractivity contribution < 1.29 is 17.6 Å². The minimum Gasteiger partial charge on any atom is -0.313 e. The third-order valence-corrected chi connectivity index (χ3v) is 5.77. The van der Waals surface area contributed by atoms with E-state index in [4.69, 9.17) is 11.6 Å². The third-order valence-electron chi connectivity index (χ3n) is 5.51. The van der Waals surface area contributed by atoms with E-state index in [0.29, 0.717) is 32.7 Å². The number of halogens is 5. The predicted octanol–water partition coefficient (Wildman–Crippen LogP) is 4.04. The number of hydrogen-bond acceptors (Lipinski definition) is 5. The van der Waals surface area contributed by atoms with Crippen LogP contribution < -0.4 is 11.2 Å². The number of benzene rings is 1. The third kappa shape index (κ3) is 4.73. The first-order valence-corrected chi connectivity index (χ1v) is 11.0. The Kier molecular flexibility index (Phi) is 5.86. The summed E-state index contributed by atoms with van der Waals surface area (Å²) >= 11 is 6.09. The van der Waals surface area contributed by atoms with Crippen molar-refractivity contribution in [3.8, 4) is 11.3 Å². The lowest BCUT2D eigenvalue weighted by Gasteiger charge is -2.06. The summed E-state index contributed by atoms with van der Waals surface area (Å²) in [5.74, 6) is -0.454. The summed E-state index contributed by atoms with van der Waals surface area (Å²) < 4.78 is 51.5. The van der Waals surface area contributed by atoms with Gasteiger partial charge in [-0.2, -0.15) is 22.7 Å². The van der Waals surface area contributed by atoms with Crippen LogP contribution in [-0.4, -0.2) is 40.5 Å². The molecule has 1 fully saturated rings. The summed E-state index contributed by atoms with van der Waals surface area (Å²) in [4.78, 5) is 32.0. The van der Waals surface area contributed by atoms with E-state index in [0.717, 1.165) is 18.4 Å². The van der Waals surface area contributed by atoms with Gasteiger partial charge < -0.3 is 4.98 Å². The molecule has 0 unspecified atom stereocenters. The van der Waals surface area contributed by atoms with Crippen LogP contribution in [0.25, 0.3) is 27.8 Å². The summed E-state index contributed by atoms with van der Waals surface area (Å²) in [6, 6.07) is 7.72. The van der Waals surface area contributed by atoms with Crippen LogP contribution in [0.3, 0.4) is 0 Å². The monoisotopic (exact) mass is 521 g/mol. The number of hydrogen-bond donors (Lipinski definition) is 2. The molecule has 5 aromatic rings. The zero-order valence-electron chi connectivity index (χ0n) is 18.2. The van der Waals surface area contributed by atoms with Crippen LogP contribution >= 0.6 is 11.6 Å². The summed E-state index contributed by atoms with van der Waals surface area (Å²) in [5.41, 5.74) is 1.61. The molecule has 36 heavy (non-hydrogen) atoms. The SMILES string of the molecule is Fc1nn(CC(F)(F)F)c2ccccc12.O=c1[nH]cc(-c2cc(C3CC3)c3ncc(Cl)n3n2)c(=O)[nH]1. The molecule has 1 saturated carbocycles. The van der Waals surface area contributed by atoms with Gasteiger partial charge in [-0.15, -0.1) is 5.10 Å². The molecule has 4 heterocycles. The number of aromatic amines is 2. The van der Waals surface area contributed by atoms with Gasteiger partial charge in [0.15, 0.2) is 10.8 Å². The fraction of sp³-hybridized carbons (Fsp3) is 0.227. The van der Waals surface area contributed by atoms with E-state index in [1.165, 1.54) is 35.1 Å². The van der Waals surface area contributed by atoms with E-state index in [-0.39, 0.29) is 10.9 Å². The molecule has 14 heteroatoms. The topological polar surface area (TPSA) is 114 Å². The number of rotatable bonds is 3. The molecule has 1 aromatic carbocycles. The number of para-hydroxylation sites is 1. The average molecular weight is 522 g/mol. The molecule has 0 atom stereocenters. The Morgan fingerprint density at radius 1 is 1.14 bits per heavy atom. The first-order chi connectivity index (χ1) is 17.1. The fourth-order valence-electron chi connectivity index (χ4n) is 3.77. The van der Waals surface area contributed by atoms with Crippen LogP contribution in [0.15, 0.2) is 52.3 Å². The number of H-pyrrole nitrogens is 2. The molecule has 1 aliphatic rings. The average Bonchev–Trinajstić information content (AvgIpc) is 3.54. The number of alkyl halides is 3. The van der Waals surface area contributed by atoms with Crippen molar-refractivity contribution in [1.29, 1.82) is 0 Å². The zero-order valence-corrected chi connectivity index (χ0v) is 18.9. The quantitative estimate of drug-likeness (QED) is 0.348. The standard InChI is InChI=1S/C13H10ClN5O2.C9H6F4N2/c14-10-5-15-11-7(6-1-2-6)3-9(18-19(10)11)8-4-16-13(21)17-12(8)20;10-8-6-3-1-2-4-7(6)15(14-8)5-9(11,12)13/h3-6H,1-2H2,(H2,16,17,20,21);1-4H,5H2. The molecule has 0 saturated heterocycles. The maximum atomic E-state index is 13.1. The van der Waals surface area contributed by atoms with Gasteiger partial charge in [-0.05, 0) is 37.0 Å². The van der Waals surface area contributed by atoms with E-state index in [1.807, 2.05) is 6.07 Å². The lowest BCUT2D eigenvalue weighted by molar-refractivity contribution is -0.142. The first kappa shape index (κ1) is 23.7. The molecule has 0 aliphatic heterocycles. The maximum Gasteiger partial charge on any atom is 0.408 e. The molecule has 0 spiro atoms. The van der Waals surface area contributed by atoms with Crippen molar-refractivity contribution in [3.05, 3.63) is 80.2 Å². The second-order valence-corrected chi connectivity index (χ2v) is 8.53. The van der Waals surface area contributed by atoms with Crippen LogP contribution in [0.1, 0.15) is 24.3 Å². The summed E-state index contributed by atoms with van der Waals surface area (Å²) in [5, 5.41) is 8.03. The number of fused-ring (bicyclic) bond motifs is 2. The van der Waals surface area contributed by atoms with E-state index >= 15 is 0 Å². The Morgan fingerprint density at radius 2 is 1.89 bits per heavy atom. The van der Waals surface area contributed by atoms with Crippen LogP contribution in [0.5, 0.6) is 0 Å². The second kappa shape index (κ2) is 8.90. The number of nitrogens with zero attached hydrogens (tertiary/aromatic N) is 5. The van der Waals surface area contributed by atoms with E-state index in [2.05, 4.69) is 25.1 Å². The summed E-state index contributed by atoms with van der Waals surface area (Å²) in [7, 11) is 0. The van der Waals surface area contributed by atoms with Crippen molar-refractivity contribution in [2.45, 2.75) is 31.5 Å². The van der Waals surface area contributed by atoms with E-state index in [9.17, 15) is 27.2 Å². The van der Waals surface area contributed by atoms with Crippen molar-refractivity contribution in [1.82, 2.24) is 34.3 Å². The van der Waals surface area contributed by atoms with Crippen molar-refractivity contribution in [3.63, 3.8) is 0 Å². The Hall–Kier alpha value is -4.00. The Labute approximate surface area is 203 Å². The molecule has 1 aliphatic carbocycles. The molecular formula is C22H16ClF4N7O2. The van der Waals surface area contributed by atoms with Gasteiger partial charge in [-0.3, -0.25) is 14.5 Å². The Bertz CT molecular complexity index is 1700. The molecule has 4 aromatic heterocycles. The van der Waals surface area contributed by atoms with Gasteiger partial charge in [0.1, 0.15) is 6.54 Å². The second-order valence-electron chi connectivity index (χ2n) is 8.14. The summed E-state index contributed by atoms with van der Waals surface area (Å²) in [6.45, 7) is -1.28. The van der Waals surface area contributed by atoms with Gasteiger partial charge in [0.2, 0.25) is 5.95 Å². The molecule has 0 amide bonds. The molecule has 2 N–H and O–H groups in total. The van der Waals surface area contributed by atoms with E-state index in [1.54, 1.807) is 6.07 Å². The maximum absolute atomic E-state index is 13.1. The molecular weight excluding hydrogens is 506 g/mol. The normalized spacial score (nSPS) is 13.7. The van der Waals surface area contributed by atoms with Crippen molar-refractivity contribution in [2.24, 2.45) is 0 Å². The predicted molar refractivity (Wildman–Crippen MR) is 122 cm³/mol. The van der Waals surface area contributed by atoms with Crippen molar-refractivity contribution in [2.75, 3.05) is 0 Å². The minimum atomic E-state index is -4.40. The highest BCUT2D eigenvalue weighted by Gasteiger charge is 2.30. The smallest absolute Gasteiger partial charge is 0.313 e. The van der Waals surface area contributed by atoms with E-state index < -0.39 is 29.9 Å². The van der Waals surface area contributed by atoms with Crippen LogP contribution in [0, 0.1) is 5.95 Å². The lowest BCUT2D eigenvalue weighted by Crippen LogP contribution is -2.23. The Morgan fingerprint density at radius 3 is 2.58 bits per heavy atom. The fourth-order valence-corrected chi connectivity index (χ4v) is 3.94. The van der Waals surface area contributed by atoms with Gasteiger partial charge in [-0.1, -0.05) is 23.7 Å². The van der Waals surface area contributed by atoms with Gasteiger partial charge >= 0.3 is 11.9 Å². The van der Waals surface area contributed by atoms with Gasteiger partial charge in [0.05, 0.1) is 28.4 Å². The number of aromatic nitrogens is 7. The largest absolute Gasteiger partial charge is 0.408 e. The van der Waals surface area contributed by atoms with Gasteiger partial charge in [0.25, 0.3) is 5.56 Å². The lowest BCUT2D eigenvalue weighted by atomic mass is 10.1. The van der Waals surface area contributed by atoms with Crippen LogP contribution in [-0.2, 0) is 6.54 Å². The molecule has 0 radical (unpaired) electrons. The van der Waals surface area contributed by atoms with Gasteiger partial charge in [-0.25, -0.2) is 14.3 Å². The molecule has 6 rings (SSSR count).